The van der Waals surface area contributed by atoms with Crippen molar-refractivity contribution >= 4 is 5.91 Å². The lowest BCUT2D eigenvalue weighted by Crippen LogP contribution is -2.41. The highest BCUT2D eigenvalue weighted by molar-refractivity contribution is 5.76. The van der Waals surface area contributed by atoms with Crippen LogP contribution in [0.15, 0.2) is 22.7 Å². The second kappa shape index (κ2) is 8.20. The first-order chi connectivity index (χ1) is 11.8. The van der Waals surface area contributed by atoms with Crippen molar-refractivity contribution in [1.29, 1.82) is 0 Å². The van der Waals surface area contributed by atoms with Gasteiger partial charge in [0.2, 0.25) is 17.6 Å². The third-order valence-corrected chi connectivity index (χ3v) is 3.84. The van der Waals surface area contributed by atoms with E-state index in [2.05, 4.69) is 10.1 Å². The number of carbonyl (C=O) groups is 1. The molecule has 0 saturated heterocycles. The maximum absolute atomic E-state index is 13.3. The van der Waals surface area contributed by atoms with Crippen molar-refractivity contribution in [2.75, 3.05) is 6.54 Å². The molecule has 136 valence electrons. The van der Waals surface area contributed by atoms with E-state index in [1.807, 2.05) is 13.8 Å². The van der Waals surface area contributed by atoms with Gasteiger partial charge in [0.25, 0.3) is 0 Å². The molecule has 1 atom stereocenters. The van der Waals surface area contributed by atoms with Gasteiger partial charge in [0.15, 0.2) is 0 Å². The number of nitrogens with zero attached hydrogens (tertiary/aromatic N) is 3. The zero-order valence-corrected chi connectivity index (χ0v) is 15.0. The second-order valence-electron chi connectivity index (χ2n) is 6.46. The highest BCUT2D eigenvalue weighted by Crippen LogP contribution is 2.19. The van der Waals surface area contributed by atoms with Gasteiger partial charge in [-0.1, -0.05) is 5.16 Å². The summed E-state index contributed by atoms with van der Waals surface area (Å²) in [5.41, 5.74) is 1.17. The van der Waals surface area contributed by atoms with Crippen molar-refractivity contribution in [2.24, 2.45) is 0 Å². The predicted molar refractivity (Wildman–Crippen MR) is 91.3 cm³/mol. The van der Waals surface area contributed by atoms with Crippen LogP contribution in [0.3, 0.4) is 0 Å². The molecule has 1 unspecified atom stereocenters. The molecule has 1 N–H and O–H groups in total. The van der Waals surface area contributed by atoms with Gasteiger partial charge in [-0.2, -0.15) is 4.98 Å². The number of aliphatic hydroxyl groups excluding tert-OH is 1. The van der Waals surface area contributed by atoms with Crippen molar-refractivity contribution in [3.8, 4) is 11.4 Å². The third-order valence-electron chi connectivity index (χ3n) is 3.84. The molecule has 0 aliphatic rings. The van der Waals surface area contributed by atoms with Crippen LogP contribution in [0.4, 0.5) is 4.39 Å². The zero-order chi connectivity index (χ0) is 18.6. The molecule has 6 nitrogen and oxygen atoms in total. The standard InChI is InChI=1S/C18H24FN3O3/c1-11(2)22(10-13(4)23)17(24)8-7-16-20-18(21-25-16)14-5-6-15(19)12(3)9-14/h5-6,9,11,13,23H,7-8,10H2,1-4H3. The third kappa shape index (κ3) is 5.09. The number of aryl methyl sites for hydroxylation is 2. The van der Waals surface area contributed by atoms with Crippen molar-refractivity contribution < 1.29 is 18.8 Å². The molecule has 0 aliphatic heterocycles. The average molecular weight is 349 g/mol. The summed E-state index contributed by atoms with van der Waals surface area (Å²) in [6.45, 7) is 7.42. The average Bonchev–Trinajstić information content (AvgIpc) is 3.01. The fourth-order valence-electron chi connectivity index (χ4n) is 2.50. The largest absolute Gasteiger partial charge is 0.392 e. The first-order valence-corrected chi connectivity index (χ1v) is 8.34. The summed E-state index contributed by atoms with van der Waals surface area (Å²) in [7, 11) is 0. The molecule has 1 aromatic heterocycles. The van der Waals surface area contributed by atoms with Crippen LogP contribution in [-0.4, -0.2) is 44.7 Å². The maximum Gasteiger partial charge on any atom is 0.227 e. The Balaban J connectivity index is 2.01. The SMILES string of the molecule is Cc1cc(-c2noc(CCC(=O)N(CC(C)O)C(C)C)n2)ccc1F. The summed E-state index contributed by atoms with van der Waals surface area (Å²) in [5.74, 6) is 0.361. The molecule has 7 heteroatoms. The van der Waals surface area contributed by atoms with Crippen LogP contribution < -0.4 is 0 Å². The van der Waals surface area contributed by atoms with Crippen LogP contribution in [0.2, 0.25) is 0 Å². The molecule has 1 amide bonds. The van der Waals surface area contributed by atoms with Gasteiger partial charge in [-0.05, 0) is 51.5 Å². The molecule has 1 aromatic carbocycles. The highest BCUT2D eigenvalue weighted by Gasteiger charge is 2.20. The van der Waals surface area contributed by atoms with E-state index in [4.69, 9.17) is 4.52 Å². The Morgan fingerprint density at radius 3 is 2.68 bits per heavy atom. The Bertz CT molecular complexity index is 728. The molecule has 0 bridgehead atoms. The van der Waals surface area contributed by atoms with Gasteiger partial charge < -0.3 is 14.5 Å². The van der Waals surface area contributed by atoms with Gasteiger partial charge >= 0.3 is 0 Å². The van der Waals surface area contributed by atoms with E-state index in [9.17, 15) is 14.3 Å². The number of hydrogen-bond donors (Lipinski definition) is 1. The lowest BCUT2D eigenvalue weighted by atomic mass is 10.1. The minimum atomic E-state index is -0.580. The first kappa shape index (κ1) is 19.1. The van der Waals surface area contributed by atoms with Crippen LogP contribution in [0.1, 0.15) is 38.6 Å². The number of aromatic nitrogens is 2. The Morgan fingerprint density at radius 1 is 1.36 bits per heavy atom. The minimum absolute atomic E-state index is 0.00235. The smallest absolute Gasteiger partial charge is 0.227 e. The summed E-state index contributed by atoms with van der Waals surface area (Å²) in [5, 5.41) is 13.4. The van der Waals surface area contributed by atoms with Crippen LogP contribution >= 0.6 is 0 Å². The molecule has 1 heterocycles. The van der Waals surface area contributed by atoms with E-state index in [0.717, 1.165) is 0 Å². The summed E-state index contributed by atoms with van der Waals surface area (Å²) in [6.07, 6.45) is -0.0487. The van der Waals surface area contributed by atoms with Crippen molar-refractivity contribution in [1.82, 2.24) is 15.0 Å². The molecular formula is C18H24FN3O3. The molecule has 2 rings (SSSR count). The number of rotatable bonds is 7. The highest BCUT2D eigenvalue weighted by atomic mass is 19.1. The number of hydrogen-bond acceptors (Lipinski definition) is 5. The fraction of sp³-hybridized carbons (Fsp3) is 0.500. The van der Waals surface area contributed by atoms with Crippen molar-refractivity contribution in [3.05, 3.63) is 35.5 Å². The van der Waals surface area contributed by atoms with Gasteiger partial charge in [-0.15, -0.1) is 0 Å². The summed E-state index contributed by atoms with van der Waals surface area (Å²) < 4.78 is 18.5. The normalized spacial score (nSPS) is 12.4. The summed E-state index contributed by atoms with van der Waals surface area (Å²) in [6, 6.07) is 4.60. The number of aliphatic hydroxyl groups is 1. The van der Waals surface area contributed by atoms with E-state index in [0.29, 0.717) is 35.8 Å². The van der Waals surface area contributed by atoms with Gasteiger partial charge in [-0.25, -0.2) is 4.39 Å². The molecular weight excluding hydrogens is 325 g/mol. The van der Waals surface area contributed by atoms with Crippen LogP contribution in [0.25, 0.3) is 11.4 Å². The molecule has 0 radical (unpaired) electrons. The number of carbonyl (C=O) groups excluding carboxylic acids is 1. The lowest BCUT2D eigenvalue weighted by Gasteiger charge is -2.27. The Hall–Kier alpha value is -2.28. The lowest BCUT2D eigenvalue weighted by molar-refractivity contribution is -0.134. The van der Waals surface area contributed by atoms with E-state index in [1.54, 1.807) is 30.9 Å². The second-order valence-corrected chi connectivity index (χ2v) is 6.46. The molecule has 0 fully saturated rings. The van der Waals surface area contributed by atoms with E-state index in [-0.39, 0.29) is 24.2 Å². The van der Waals surface area contributed by atoms with Crippen molar-refractivity contribution in [3.63, 3.8) is 0 Å². The van der Waals surface area contributed by atoms with Crippen LogP contribution in [-0.2, 0) is 11.2 Å². The molecule has 0 saturated carbocycles. The molecule has 25 heavy (non-hydrogen) atoms. The predicted octanol–water partition coefficient (Wildman–Crippen LogP) is 2.73. The van der Waals surface area contributed by atoms with E-state index >= 15 is 0 Å². The number of amides is 1. The quantitative estimate of drug-likeness (QED) is 0.831. The van der Waals surface area contributed by atoms with E-state index in [1.165, 1.54) is 6.07 Å². The summed E-state index contributed by atoms with van der Waals surface area (Å²) >= 11 is 0. The van der Waals surface area contributed by atoms with Crippen LogP contribution in [0.5, 0.6) is 0 Å². The zero-order valence-electron chi connectivity index (χ0n) is 15.0. The Kier molecular flexibility index (Phi) is 6.25. The van der Waals surface area contributed by atoms with Gasteiger partial charge in [0, 0.05) is 31.0 Å². The number of benzene rings is 1. The van der Waals surface area contributed by atoms with Gasteiger partial charge in [0.05, 0.1) is 6.10 Å². The van der Waals surface area contributed by atoms with Gasteiger partial charge in [-0.3, -0.25) is 4.79 Å². The number of halogens is 1. The summed E-state index contributed by atoms with van der Waals surface area (Å²) in [4.78, 5) is 18.2. The van der Waals surface area contributed by atoms with E-state index < -0.39 is 6.10 Å². The first-order valence-electron chi connectivity index (χ1n) is 8.34. The van der Waals surface area contributed by atoms with Crippen molar-refractivity contribution in [2.45, 2.75) is 52.7 Å². The molecule has 0 aliphatic carbocycles. The minimum Gasteiger partial charge on any atom is -0.392 e. The molecule has 0 spiro atoms. The fourth-order valence-corrected chi connectivity index (χ4v) is 2.50. The maximum atomic E-state index is 13.3. The van der Waals surface area contributed by atoms with Gasteiger partial charge in [0.1, 0.15) is 5.82 Å². The molecule has 2 aromatic rings. The topological polar surface area (TPSA) is 79.5 Å². The Morgan fingerprint density at radius 2 is 2.08 bits per heavy atom. The Labute approximate surface area is 146 Å². The van der Waals surface area contributed by atoms with Crippen LogP contribution in [0, 0.1) is 12.7 Å². The monoisotopic (exact) mass is 349 g/mol.